The Morgan fingerprint density at radius 3 is 2.64 bits per heavy atom. The standard InChI is InChI=1S/C31H31N3O5/c1-31(2)17-22(11-13-37-31)38-26-9-7-19(14-21(26)18-32)23-10-12-33-25-16-28(39-29(23)25)24-8-6-20(15-27(24)36-5)30(35)34(3)4/h6-10,12,14-16,22H,11,13,17H2,1-5H3. The monoisotopic (exact) mass is 525 g/mol. The van der Waals surface area contributed by atoms with Gasteiger partial charge < -0.3 is 23.5 Å². The molecule has 39 heavy (non-hydrogen) atoms. The van der Waals surface area contributed by atoms with E-state index in [1.165, 1.54) is 4.90 Å². The molecule has 4 aromatic rings. The molecule has 3 heterocycles. The number of furan rings is 1. The third kappa shape index (κ3) is 5.31. The molecule has 0 saturated carbocycles. The minimum Gasteiger partial charge on any atom is -0.496 e. The van der Waals surface area contributed by atoms with Crippen LogP contribution in [0.15, 0.2) is 59.1 Å². The fraction of sp³-hybridized carbons (Fsp3) is 0.323. The van der Waals surface area contributed by atoms with Crippen LogP contribution >= 0.6 is 0 Å². The Kier molecular flexibility index (Phi) is 7.02. The molecule has 5 rings (SSSR count). The van der Waals surface area contributed by atoms with E-state index in [-0.39, 0.29) is 17.6 Å². The fourth-order valence-corrected chi connectivity index (χ4v) is 4.93. The average Bonchev–Trinajstić information content (AvgIpc) is 3.36. The van der Waals surface area contributed by atoms with Crippen molar-refractivity contribution in [3.8, 4) is 40.0 Å². The van der Waals surface area contributed by atoms with E-state index in [1.807, 2.05) is 36.4 Å². The molecule has 1 atom stereocenters. The van der Waals surface area contributed by atoms with E-state index in [0.717, 1.165) is 24.0 Å². The molecule has 200 valence electrons. The van der Waals surface area contributed by atoms with Gasteiger partial charge in [-0.2, -0.15) is 5.26 Å². The summed E-state index contributed by atoms with van der Waals surface area (Å²) >= 11 is 0. The van der Waals surface area contributed by atoms with Crippen LogP contribution in [-0.2, 0) is 4.74 Å². The number of amides is 1. The summed E-state index contributed by atoms with van der Waals surface area (Å²) in [5.74, 6) is 1.53. The molecular formula is C31H31N3O5. The van der Waals surface area contributed by atoms with Crippen LogP contribution in [0, 0.1) is 11.3 Å². The number of aromatic nitrogens is 1. The minimum absolute atomic E-state index is 0.0126. The van der Waals surface area contributed by atoms with Gasteiger partial charge in [0.25, 0.3) is 5.91 Å². The Hall–Kier alpha value is -4.35. The largest absolute Gasteiger partial charge is 0.496 e. The highest BCUT2D eigenvalue weighted by atomic mass is 16.5. The zero-order valence-corrected chi connectivity index (χ0v) is 22.8. The summed E-state index contributed by atoms with van der Waals surface area (Å²) in [4.78, 5) is 18.4. The number of hydrogen-bond acceptors (Lipinski definition) is 7. The zero-order valence-electron chi connectivity index (χ0n) is 22.8. The molecule has 1 saturated heterocycles. The Morgan fingerprint density at radius 1 is 1.10 bits per heavy atom. The van der Waals surface area contributed by atoms with Gasteiger partial charge in [0, 0.05) is 50.3 Å². The maximum atomic E-state index is 12.4. The second-order valence-corrected chi connectivity index (χ2v) is 10.5. The van der Waals surface area contributed by atoms with Crippen LogP contribution in [0.4, 0.5) is 0 Å². The summed E-state index contributed by atoms with van der Waals surface area (Å²) in [6, 6.07) is 16.9. The second kappa shape index (κ2) is 10.4. The number of nitrogens with zero attached hydrogens (tertiary/aromatic N) is 3. The summed E-state index contributed by atoms with van der Waals surface area (Å²) in [6.45, 7) is 4.74. The smallest absolute Gasteiger partial charge is 0.253 e. The summed E-state index contributed by atoms with van der Waals surface area (Å²) in [7, 11) is 4.97. The van der Waals surface area contributed by atoms with Crippen molar-refractivity contribution in [1.29, 1.82) is 5.26 Å². The van der Waals surface area contributed by atoms with Gasteiger partial charge in [-0.25, -0.2) is 0 Å². The van der Waals surface area contributed by atoms with Gasteiger partial charge in [0.2, 0.25) is 0 Å². The zero-order chi connectivity index (χ0) is 27.7. The molecule has 1 unspecified atom stereocenters. The van der Waals surface area contributed by atoms with Gasteiger partial charge in [0.15, 0.2) is 5.58 Å². The highest BCUT2D eigenvalue weighted by Crippen LogP contribution is 2.39. The van der Waals surface area contributed by atoms with Crippen LogP contribution in [0.5, 0.6) is 11.5 Å². The molecule has 2 aromatic heterocycles. The van der Waals surface area contributed by atoms with Crippen molar-refractivity contribution < 1.29 is 23.4 Å². The summed E-state index contributed by atoms with van der Waals surface area (Å²) in [6.07, 6.45) is 3.24. The first kappa shape index (κ1) is 26.3. The maximum Gasteiger partial charge on any atom is 0.253 e. The van der Waals surface area contributed by atoms with Gasteiger partial charge in [-0.05, 0) is 55.8 Å². The molecule has 2 aromatic carbocycles. The molecule has 0 spiro atoms. The normalized spacial score (nSPS) is 16.5. The highest BCUT2D eigenvalue weighted by molar-refractivity contribution is 5.96. The molecule has 0 N–H and O–H groups in total. The van der Waals surface area contributed by atoms with E-state index < -0.39 is 0 Å². The first-order valence-electron chi connectivity index (χ1n) is 12.8. The summed E-state index contributed by atoms with van der Waals surface area (Å²) in [5, 5.41) is 9.91. The van der Waals surface area contributed by atoms with Crippen molar-refractivity contribution in [2.45, 2.75) is 38.4 Å². The second-order valence-electron chi connectivity index (χ2n) is 10.5. The third-order valence-corrected chi connectivity index (χ3v) is 6.89. The Balaban J connectivity index is 1.49. The molecular weight excluding hydrogens is 494 g/mol. The van der Waals surface area contributed by atoms with Crippen LogP contribution in [0.2, 0.25) is 0 Å². The highest BCUT2D eigenvalue weighted by Gasteiger charge is 2.30. The lowest BCUT2D eigenvalue weighted by molar-refractivity contribution is -0.0897. The van der Waals surface area contributed by atoms with Gasteiger partial charge in [0.05, 0.1) is 30.4 Å². The third-order valence-electron chi connectivity index (χ3n) is 6.89. The Morgan fingerprint density at radius 2 is 1.92 bits per heavy atom. The first-order valence-corrected chi connectivity index (χ1v) is 12.8. The number of benzene rings is 2. The van der Waals surface area contributed by atoms with Crippen molar-refractivity contribution in [2.24, 2.45) is 0 Å². The summed E-state index contributed by atoms with van der Waals surface area (Å²) < 4.78 is 23.9. The Labute approximate surface area is 227 Å². The number of methoxy groups -OCH3 is 1. The van der Waals surface area contributed by atoms with Crippen LogP contribution in [-0.4, -0.2) is 55.3 Å². The van der Waals surface area contributed by atoms with Crippen molar-refractivity contribution >= 4 is 17.0 Å². The van der Waals surface area contributed by atoms with E-state index in [2.05, 4.69) is 24.9 Å². The van der Waals surface area contributed by atoms with Crippen LogP contribution < -0.4 is 9.47 Å². The predicted octanol–water partition coefficient (Wildman–Crippen LogP) is 6.08. The van der Waals surface area contributed by atoms with E-state index in [9.17, 15) is 10.1 Å². The molecule has 0 aliphatic carbocycles. The average molecular weight is 526 g/mol. The molecule has 0 bridgehead atoms. The molecule has 1 aliphatic rings. The SMILES string of the molecule is COc1cc(C(=O)N(C)C)ccc1-c1cc2nccc(-c3ccc(OC4CCOC(C)(C)C4)c(C#N)c3)c2o1. The number of hydrogen-bond donors (Lipinski definition) is 0. The number of fused-ring (bicyclic) bond motifs is 1. The van der Waals surface area contributed by atoms with Crippen LogP contribution in [0.1, 0.15) is 42.6 Å². The number of rotatable bonds is 6. The van der Waals surface area contributed by atoms with Crippen molar-refractivity contribution in [3.63, 3.8) is 0 Å². The number of pyridine rings is 1. The van der Waals surface area contributed by atoms with Gasteiger partial charge in [-0.1, -0.05) is 6.07 Å². The maximum absolute atomic E-state index is 12.4. The molecule has 8 heteroatoms. The van der Waals surface area contributed by atoms with Gasteiger partial charge >= 0.3 is 0 Å². The minimum atomic E-state index is -0.250. The molecule has 1 aliphatic heterocycles. The van der Waals surface area contributed by atoms with Crippen molar-refractivity contribution in [3.05, 3.63) is 65.9 Å². The van der Waals surface area contributed by atoms with Gasteiger partial charge in [-0.15, -0.1) is 0 Å². The Bertz CT molecular complexity index is 1580. The number of ether oxygens (including phenoxy) is 3. The van der Waals surface area contributed by atoms with E-state index >= 15 is 0 Å². The van der Waals surface area contributed by atoms with E-state index in [0.29, 0.717) is 51.7 Å². The predicted molar refractivity (Wildman–Crippen MR) is 148 cm³/mol. The van der Waals surface area contributed by atoms with Crippen molar-refractivity contribution in [2.75, 3.05) is 27.8 Å². The lowest BCUT2D eigenvalue weighted by atomic mass is 9.95. The molecule has 1 amide bonds. The number of carbonyl (C=O) groups is 1. The van der Waals surface area contributed by atoms with E-state index in [1.54, 1.807) is 39.5 Å². The van der Waals surface area contributed by atoms with Crippen LogP contribution in [0.25, 0.3) is 33.6 Å². The summed E-state index contributed by atoms with van der Waals surface area (Å²) in [5.41, 5.74) is 4.31. The number of carbonyl (C=O) groups excluding carboxylic acids is 1. The van der Waals surface area contributed by atoms with E-state index in [4.69, 9.17) is 18.6 Å². The lowest BCUT2D eigenvalue weighted by Crippen LogP contribution is -2.39. The van der Waals surface area contributed by atoms with Gasteiger partial charge in [-0.3, -0.25) is 9.78 Å². The lowest BCUT2D eigenvalue weighted by Gasteiger charge is -2.35. The quantitative estimate of drug-likeness (QED) is 0.301. The topological polar surface area (TPSA) is 97.8 Å². The van der Waals surface area contributed by atoms with Gasteiger partial charge in [0.1, 0.15) is 34.9 Å². The molecule has 0 radical (unpaired) electrons. The molecule has 1 fully saturated rings. The number of nitriles is 1. The molecule has 8 nitrogen and oxygen atoms in total. The first-order chi connectivity index (χ1) is 18.7. The fourth-order valence-electron chi connectivity index (χ4n) is 4.93. The van der Waals surface area contributed by atoms with Crippen molar-refractivity contribution in [1.82, 2.24) is 9.88 Å². The van der Waals surface area contributed by atoms with Crippen LogP contribution in [0.3, 0.4) is 0 Å².